The molecule has 6 heteroatoms. The van der Waals surface area contributed by atoms with Crippen LogP contribution >= 0.6 is 15.9 Å². The molecule has 2 rings (SSSR count). The lowest BCUT2D eigenvalue weighted by atomic mass is 10.2. The van der Waals surface area contributed by atoms with Crippen molar-refractivity contribution >= 4 is 31.8 Å². The Balaban J connectivity index is 2.37. The molecule has 0 fully saturated rings. The SMILES string of the molecule is Cc1ccc(S(=O)(=O)/N=C(\N)c2ccc(Br)cc2)cc1. The first kappa shape index (κ1) is 14.7. The van der Waals surface area contributed by atoms with Crippen LogP contribution in [-0.2, 0) is 10.0 Å². The predicted octanol–water partition coefficient (Wildman–Crippen LogP) is 2.85. The van der Waals surface area contributed by atoms with Gasteiger partial charge in [0, 0.05) is 10.0 Å². The lowest BCUT2D eigenvalue weighted by molar-refractivity contribution is 0.598. The summed E-state index contributed by atoms with van der Waals surface area (Å²) in [6, 6.07) is 13.4. The third-order valence-electron chi connectivity index (χ3n) is 2.68. The number of sulfonamides is 1. The van der Waals surface area contributed by atoms with Crippen LogP contribution in [-0.4, -0.2) is 14.3 Å². The van der Waals surface area contributed by atoms with Crippen molar-refractivity contribution in [1.82, 2.24) is 0 Å². The number of hydrogen-bond acceptors (Lipinski definition) is 2. The lowest BCUT2D eigenvalue weighted by Crippen LogP contribution is -2.16. The Bertz CT molecular complexity index is 736. The maximum absolute atomic E-state index is 12.1. The van der Waals surface area contributed by atoms with Crippen molar-refractivity contribution in [3.05, 3.63) is 64.1 Å². The molecule has 0 unspecified atom stereocenters. The molecule has 0 radical (unpaired) electrons. The number of halogens is 1. The molecule has 0 heterocycles. The van der Waals surface area contributed by atoms with Crippen LogP contribution in [0.15, 0.2) is 62.3 Å². The second-order valence-electron chi connectivity index (χ2n) is 4.27. The molecule has 0 bridgehead atoms. The van der Waals surface area contributed by atoms with Gasteiger partial charge in [0.2, 0.25) is 0 Å². The summed E-state index contributed by atoms with van der Waals surface area (Å²) in [4.78, 5) is 0.128. The molecule has 0 aliphatic rings. The molecule has 0 saturated carbocycles. The molecule has 0 atom stereocenters. The van der Waals surface area contributed by atoms with E-state index in [1.807, 2.05) is 6.92 Å². The summed E-state index contributed by atoms with van der Waals surface area (Å²) in [5.41, 5.74) is 7.29. The normalized spacial score (nSPS) is 12.4. The smallest absolute Gasteiger partial charge is 0.284 e. The Morgan fingerprint density at radius 1 is 1.05 bits per heavy atom. The molecule has 0 aliphatic heterocycles. The van der Waals surface area contributed by atoms with Gasteiger partial charge in [-0.05, 0) is 31.2 Å². The number of aryl methyl sites for hydroxylation is 1. The third kappa shape index (κ3) is 3.46. The largest absolute Gasteiger partial charge is 0.383 e. The standard InChI is InChI=1S/C14H13BrN2O2S/c1-10-2-8-13(9-3-10)20(18,19)17-14(16)11-4-6-12(15)7-5-11/h2-9H,1H3,(H2,16,17). The molecule has 0 saturated heterocycles. The zero-order chi connectivity index (χ0) is 14.8. The van der Waals surface area contributed by atoms with E-state index in [4.69, 9.17) is 5.73 Å². The zero-order valence-electron chi connectivity index (χ0n) is 10.7. The third-order valence-corrected chi connectivity index (χ3v) is 4.51. The van der Waals surface area contributed by atoms with Crippen LogP contribution in [0.3, 0.4) is 0 Å². The predicted molar refractivity (Wildman–Crippen MR) is 83.2 cm³/mol. The van der Waals surface area contributed by atoms with E-state index in [0.29, 0.717) is 5.56 Å². The van der Waals surface area contributed by atoms with E-state index in [0.717, 1.165) is 10.0 Å². The van der Waals surface area contributed by atoms with E-state index in [9.17, 15) is 8.42 Å². The molecule has 0 aliphatic carbocycles. The monoisotopic (exact) mass is 352 g/mol. The Morgan fingerprint density at radius 3 is 2.15 bits per heavy atom. The van der Waals surface area contributed by atoms with Crippen LogP contribution in [0.4, 0.5) is 0 Å². The molecule has 20 heavy (non-hydrogen) atoms. The number of hydrogen-bond donors (Lipinski definition) is 1. The van der Waals surface area contributed by atoms with Crippen LogP contribution in [0.1, 0.15) is 11.1 Å². The second-order valence-corrected chi connectivity index (χ2v) is 6.79. The van der Waals surface area contributed by atoms with Gasteiger partial charge in [0.05, 0.1) is 4.90 Å². The molecule has 0 amide bonds. The number of rotatable bonds is 3. The summed E-state index contributed by atoms with van der Waals surface area (Å²) < 4.78 is 28.8. The minimum absolute atomic E-state index is 0.0296. The molecule has 4 nitrogen and oxygen atoms in total. The van der Waals surface area contributed by atoms with Crippen molar-refractivity contribution in [2.24, 2.45) is 10.1 Å². The van der Waals surface area contributed by atoms with Crippen LogP contribution in [0.2, 0.25) is 0 Å². The highest BCUT2D eigenvalue weighted by atomic mass is 79.9. The van der Waals surface area contributed by atoms with Crippen molar-refractivity contribution in [2.45, 2.75) is 11.8 Å². The molecule has 2 aromatic carbocycles. The molecule has 0 spiro atoms. The summed E-state index contributed by atoms with van der Waals surface area (Å²) in [7, 11) is -3.78. The van der Waals surface area contributed by atoms with Gasteiger partial charge in [-0.1, -0.05) is 45.8 Å². The molecule has 2 aromatic rings. The van der Waals surface area contributed by atoms with E-state index >= 15 is 0 Å². The zero-order valence-corrected chi connectivity index (χ0v) is 13.1. The van der Waals surface area contributed by atoms with Gasteiger partial charge in [-0.25, -0.2) is 0 Å². The van der Waals surface area contributed by atoms with Gasteiger partial charge >= 0.3 is 0 Å². The van der Waals surface area contributed by atoms with E-state index in [1.54, 1.807) is 36.4 Å². The van der Waals surface area contributed by atoms with Gasteiger partial charge < -0.3 is 5.73 Å². The molecule has 0 aromatic heterocycles. The van der Waals surface area contributed by atoms with Crippen molar-refractivity contribution in [3.63, 3.8) is 0 Å². The molecule has 2 N–H and O–H groups in total. The van der Waals surface area contributed by atoms with Crippen molar-refractivity contribution < 1.29 is 8.42 Å². The molecular formula is C14H13BrN2O2S. The average molecular weight is 353 g/mol. The minimum Gasteiger partial charge on any atom is -0.383 e. The average Bonchev–Trinajstić information content (AvgIpc) is 2.39. The highest BCUT2D eigenvalue weighted by Crippen LogP contribution is 2.15. The maximum Gasteiger partial charge on any atom is 0.284 e. The quantitative estimate of drug-likeness (QED) is 0.681. The van der Waals surface area contributed by atoms with E-state index in [1.165, 1.54) is 12.1 Å². The number of benzene rings is 2. The second kappa shape index (κ2) is 5.76. The van der Waals surface area contributed by atoms with Crippen LogP contribution < -0.4 is 5.73 Å². The fourth-order valence-corrected chi connectivity index (χ4v) is 2.78. The first-order valence-electron chi connectivity index (χ1n) is 5.81. The minimum atomic E-state index is -3.78. The summed E-state index contributed by atoms with van der Waals surface area (Å²) in [5, 5.41) is 0. The lowest BCUT2D eigenvalue weighted by Gasteiger charge is -2.03. The summed E-state index contributed by atoms with van der Waals surface area (Å²) in [5.74, 6) is -0.0296. The highest BCUT2D eigenvalue weighted by Gasteiger charge is 2.13. The van der Waals surface area contributed by atoms with Gasteiger partial charge in [-0.3, -0.25) is 0 Å². The highest BCUT2D eigenvalue weighted by molar-refractivity contribution is 9.10. The van der Waals surface area contributed by atoms with Crippen LogP contribution in [0, 0.1) is 6.92 Å². The van der Waals surface area contributed by atoms with E-state index in [-0.39, 0.29) is 10.7 Å². The first-order valence-corrected chi connectivity index (χ1v) is 8.05. The van der Waals surface area contributed by atoms with Gasteiger partial charge in [0.15, 0.2) is 0 Å². The Kier molecular flexibility index (Phi) is 4.25. The topological polar surface area (TPSA) is 72.5 Å². The van der Waals surface area contributed by atoms with E-state index < -0.39 is 10.0 Å². The maximum atomic E-state index is 12.1. The summed E-state index contributed by atoms with van der Waals surface area (Å²) in [6.45, 7) is 1.88. The van der Waals surface area contributed by atoms with Gasteiger partial charge in [0.25, 0.3) is 10.0 Å². The Morgan fingerprint density at radius 2 is 1.60 bits per heavy atom. The van der Waals surface area contributed by atoms with Crippen LogP contribution in [0.5, 0.6) is 0 Å². The first-order chi connectivity index (χ1) is 9.38. The summed E-state index contributed by atoms with van der Waals surface area (Å²) in [6.07, 6.45) is 0. The van der Waals surface area contributed by atoms with Crippen molar-refractivity contribution in [1.29, 1.82) is 0 Å². The number of nitrogens with zero attached hydrogens (tertiary/aromatic N) is 1. The molecular weight excluding hydrogens is 340 g/mol. The van der Waals surface area contributed by atoms with Gasteiger partial charge in [-0.2, -0.15) is 8.42 Å². The summed E-state index contributed by atoms with van der Waals surface area (Å²) >= 11 is 3.30. The van der Waals surface area contributed by atoms with Crippen molar-refractivity contribution in [2.75, 3.05) is 0 Å². The Hall–Kier alpha value is -1.66. The van der Waals surface area contributed by atoms with Gasteiger partial charge in [0.1, 0.15) is 5.84 Å². The number of nitrogens with two attached hydrogens (primary N) is 1. The van der Waals surface area contributed by atoms with Crippen LogP contribution in [0.25, 0.3) is 0 Å². The van der Waals surface area contributed by atoms with Gasteiger partial charge in [-0.15, -0.1) is 4.40 Å². The van der Waals surface area contributed by atoms with Crippen molar-refractivity contribution in [3.8, 4) is 0 Å². The molecule has 104 valence electrons. The Labute approximate surface area is 126 Å². The fourth-order valence-electron chi connectivity index (χ4n) is 1.57. The fraction of sp³-hybridized carbons (Fsp3) is 0.0714. The number of amidine groups is 1. The van der Waals surface area contributed by atoms with E-state index in [2.05, 4.69) is 20.3 Å².